The second-order valence-corrected chi connectivity index (χ2v) is 10.4. The summed E-state index contributed by atoms with van der Waals surface area (Å²) < 4.78 is 28.3. The van der Waals surface area contributed by atoms with Crippen molar-refractivity contribution in [2.24, 2.45) is 0 Å². The van der Waals surface area contributed by atoms with Crippen LogP contribution < -0.4 is 10.0 Å². The first-order valence-corrected chi connectivity index (χ1v) is 13.1. The van der Waals surface area contributed by atoms with Gasteiger partial charge < -0.3 is 10.2 Å². The van der Waals surface area contributed by atoms with E-state index in [0.717, 1.165) is 24.8 Å². The first-order valence-electron chi connectivity index (χ1n) is 11.6. The van der Waals surface area contributed by atoms with Gasteiger partial charge in [-0.25, -0.2) is 8.42 Å². The molecule has 0 spiro atoms. The van der Waals surface area contributed by atoms with Gasteiger partial charge in [0.1, 0.15) is 0 Å². The normalized spacial score (nSPS) is 13.8. The van der Waals surface area contributed by atoms with Crippen LogP contribution in [0, 0.1) is 13.8 Å². The average Bonchev–Trinajstić information content (AvgIpc) is 2.86. The number of aryl methyl sites for hydroxylation is 1. The molecule has 0 bridgehead atoms. The van der Waals surface area contributed by atoms with Gasteiger partial charge >= 0.3 is 0 Å². The Bertz CT molecular complexity index is 1350. The highest BCUT2D eigenvalue weighted by Crippen LogP contribution is 2.25. The van der Waals surface area contributed by atoms with E-state index in [9.17, 15) is 18.0 Å². The molecule has 4 rings (SSSR count). The van der Waals surface area contributed by atoms with E-state index < -0.39 is 15.9 Å². The molecule has 8 heteroatoms. The molecule has 1 heterocycles. The number of likely N-dealkylation sites (tertiary alicyclic amines) is 1. The molecular weight excluding hydrogens is 462 g/mol. The fourth-order valence-electron chi connectivity index (χ4n) is 4.15. The third-order valence-corrected chi connectivity index (χ3v) is 7.58. The van der Waals surface area contributed by atoms with Crippen molar-refractivity contribution in [1.29, 1.82) is 0 Å². The molecule has 0 aliphatic carbocycles. The summed E-state index contributed by atoms with van der Waals surface area (Å²) in [6.07, 6.45) is 3.07. The van der Waals surface area contributed by atoms with Crippen LogP contribution in [-0.2, 0) is 10.0 Å². The lowest BCUT2D eigenvalue weighted by atomic mass is 10.0. The van der Waals surface area contributed by atoms with Crippen molar-refractivity contribution >= 4 is 33.2 Å². The van der Waals surface area contributed by atoms with Crippen LogP contribution in [0.2, 0.25) is 0 Å². The molecule has 0 aromatic heterocycles. The molecule has 3 aromatic rings. The first-order chi connectivity index (χ1) is 16.8. The molecule has 0 radical (unpaired) electrons. The molecule has 2 N–H and O–H groups in total. The first kappa shape index (κ1) is 24.5. The number of benzene rings is 3. The minimum atomic E-state index is -3.82. The Hall–Kier alpha value is -3.65. The quantitative estimate of drug-likeness (QED) is 0.508. The van der Waals surface area contributed by atoms with Crippen LogP contribution in [0.3, 0.4) is 0 Å². The van der Waals surface area contributed by atoms with Gasteiger partial charge in [0.15, 0.2) is 0 Å². The fraction of sp³-hybridized carbons (Fsp3) is 0.259. The molecule has 2 amide bonds. The van der Waals surface area contributed by atoms with Crippen molar-refractivity contribution < 1.29 is 18.0 Å². The van der Waals surface area contributed by atoms with Gasteiger partial charge in [-0.1, -0.05) is 35.9 Å². The number of piperidine rings is 1. The zero-order valence-corrected chi connectivity index (χ0v) is 20.7. The second-order valence-electron chi connectivity index (χ2n) is 8.75. The molecule has 182 valence electrons. The van der Waals surface area contributed by atoms with E-state index in [2.05, 4.69) is 10.0 Å². The summed E-state index contributed by atoms with van der Waals surface area (Å²) in [4.78, 5) is 28.2. The zero-order valence-electron chi connectivity index (χ0n) is 19.9. The maximum Gasteiger partial charge on any atom is 0.261 e. The predicted octanol–water partition coefficient (Wildman–Crippen LogP) is 4.98. The predicted molar refractivity (Wildman–Crippen MR) is 137 cm³/mol. The van der Waals surface area contributed by atoms with E-state index in [0.29, 0.717) is 41.2 Å². The van der Waals surface area contributed by atoms with Gasteiger partial charge in [-0.15, -0.1) is 0 Å². The molecule has 3 aromatic carbocycles. The third-order valence-electron chi connectivity index (χ3n) is 6.20. The molecule has 7 nitrogen and oxygen atoms in total. The lowest BCUT2D eigenvalue weighted by Gasteiger charge is -2.27. The number of nitrogens with zero attached hydrogens (tertiary/aromatic N) is 1. The summed E-state index contributed by atoms with van der Waals surface area (Å²) >= 11 is 0. The van der Waals surface area contributed by atoms with E-state index in [4.69, 9.17) is 0 Å². The van der Waals surface area contributed by atoms with Crippen LogP contribution in [-0.4, -0.2) is 38.2 Å². The highest BCUT2D eigenvalue weighted by atomic mass is 32.2. The van der Waals surface area contributed by atoms with Crippen LogP contribution >= 0.6 is 0 Å². The van der Waals surface area contributed by atoms with Gasteiger partial charge in [-0.2, -0.15) is 0 Å². The SMILES string of the molecule is Cc1ccc(S(=O)(=O)Nc2cccc(C(=O)Nc3ccccc3C(=O)N3CCCCC3)c2C)cc1. The van der Waals surface area contributed by atoms with Crippen molar-refractivity contribution in [2.75, 3.05) is 23.1 Å². The summed E-state index contributed by atoms with van der Waals surface area (Å²) in [5.74, 6) is -0.519. The third kappa shape index (κ3) is 5.54. The monoisotopic (exact) mass is 491 g/mol. The van der Waals surface area contributed by atoms with Crippen LogP contribution in [0.4, 0.5) is 11.4 Å². The summed E-state index contributed by atoms with van der Waals surface area (Å²) in [6.45, 7) is 4.99. The molecule has 0 unspecified atom stereocenters. The summed E-state index contributed by atoms with van der Waals surface area (Å²) in [6, 6.07) is 18.4. The highest BCUT2D eigenvalue weighted by Gasteiger charge is 2.23. The van der Waals surface area contributed by atoms with E-state index in [1.165, 1.54) is 0 Å². The van der Waals surface area contributed by atoms with E-state index >= 15 is 0 Å². The molecule has 1 saturated heterocycles. The molecule has 1 fully saturated rings. The Balaban J connectivity index is 1.56. The Kier molecular flexibility index (Phi) is 7.21. The minimum Gasteiger partial charge on any atom is -0.339 e. The molecular formula is C27H29N3O4S. The fourth-order valence-corrected chi connectivity index (χ4v) is 5.27. The lowest BCUT2D eigenvalue weighted by Crippen LogP contribution is -2.36. The number of carbonyl (C=O) groups excluding carboxylic acids is 2. The van der Waals surface area contributed by atoms with Crippen LogP contribution in [0.5, 0.6) is 0 Å². The lowest BCUT2D eigenvalue weighted by molar-refractivity contribution is 0.0725. The zero-order chi connectivity index (χ0) is 25.0. The summed E-state index contributed by atoms with van der Waals surface area (Å²) in [5, 5.41) is 2.85. The van der Waals surface area contributed by atoms with Gasteiger partial charge in [0.05, 0.1) is 21.8 Å². The number of hydrogen-bond donors (Lipinski definition) is 2. The largest absolute Gasteiger partial charge is 0.339 e. The second kappa shape index (κ2) is 10.3. The number of para-hydroxylation sites is 1. The van der Waals surface area contributed by atoms with Crippen molar-refractivity contribution in [1.82, 2.24) is 4.90 Å². The number of nitrogens with one attached hydrogen (secondary N) is 2. The number of amides is 2. The number of anilines is 2. The smallest absolute Gasteiger partial charge is 0.261 e. The van der Waals surface area contributed by atoms with Crippen molar-refractivity contribution in [3.8, 4) is 0 Å². The van der Waals surface area contributed by atoms with Crippen molar-refractivity contribution in [3.63, 3.8) is 0 Å². The van der Waals surface area contributed by atoms with Crippen LogP contribution in [0.15, 0.2) is 71.6 Å². The van der Waals surface area contributed by atoms with E-state index in [-0.39, 0.29) is 10.8 Å². The van der Waals surface area contributed by atoms with Gasteiger partial charge in [0, 0.05) is 18.7 Å². The minimum absolute atomic E-state index is 0.100. The average molecular weight is 492 g/mol. The number of rotatable bonds is 6. The summed E-state index contributed by atoms with van der Waals surface area (Å²) in [7, 11) is -3.82. The van der Waals surface area contributed by atoms with Crippen molar-refractivity contribution in [3.05, 3.63) is 89.0 Å². The van der Waals surface area contributed by atoms with Gasteiger partial charge in [0.25, 0.3) is 21.8 Å². The van der Waals surface area contributed by atoms with E-state index in [1.54, 1.807) is 73.7 Å². The van der Waals surface area contributed by atoms with Gasteiger partial charge in [-0.05, 0) is 75.1 Å². The molecule has 1 aliphatic heterocycles. The van der Waals surface area contributed by atoms with Crippen LogP contribution in [0.1, 0.15) is 51.1 Å². The standard InChI is InChI=1S/C27H29N3O4S/c1-19-13-15-21(16-14-19)35(33,34)29-24-12-8-10-22(20(24)2)26(31)28-25-11-5-4-9-23(25)27(32)30-17-6-3-7-18-30/h4-5,8-16,29H,3,6-7,17-18H2,1-2H3,(H,28,31). The highest BCUT2D eigenvalue weighted by molar-refractivity contribution is 7.92. The maximum absolute atomic E-state index is 13.2. The Morgan fingerprint density at radius 1 is 0.771 bits per heavy atom. The van der Waals surface area contributed by atoms with Crippen molar-refractivity contribution in [2.45, 2.75) is 38.0 Å². The molecule has 35 heavy (non-hydrogen) atoms. The van der Waals surface area contributed by atoms with Crippen LogP contribution in [0.25, 0.3) is 0 Å². The molecule has 1 aliphatic rings. The van der Waals surface area contributed by atoms with E-state index in [1.807, 2.05) is 11.8 Å². The number of hydrogen-bond acceptors (Lipinski definition) is 4. The number of carbonyl (C=O) groups is 2. The number of sulfonamides is 1. The Morgan fingerprint density at radius 3 is 2.11 bits per heavy atom. The summed E-state index contributed by atoms with van der Waals surface area (Å²) in [5.41, 5.74) is 2.94. The molecule has 0 atom stereocenters. The maximum atomic E-state index is 13.2. The topological polar surface area (TPSA) is 95.6 Å². The van der Waals surface area contributed by atoms with Gasteiger partial charge in [0.2, 0.25) is 0 Å². The Morgan fingerprint density at radius 2 is 1.40 bits per heavy atom. The van der Waals surface area contributed by atoms with Gasteiger partial charge in [-0.3, -0.25) is 14.3 Å². The Labute approximate surface area is 206 Å². The molecule has 0 saturated carbocycles.